The fourth-order valence-corrected chi connectivity index (χ4v) is 4.57. The number of benzene rings is 3. The number of hydrogen-bond acceptors (Lipinski definition) is 13. The summed E-state index contributed by atoms with van der Waals surface area (Å²) < 4.78 is 16.5. The molecule has 0 amide bonds. The first-order valence-corrected chi connectivity index (χ1v) is 12.2. The van der Waals surface area contributed by atoms with Gasteiger partial charge in [0.05, 0.1) is 11.1 Å². The van der Waals surface area contributed by atoms with Crippen LogP contribution in [0.25, 0.3) is 22.3 Å². The quantitative estimate of drug-likeness (QED) is 0.126. The molecule has 41 heavy (non-hydrogen) atoms. The third kappa shape index (κ3) is 5.10. The number of ether oxygens (including phenoxy) is 2. The lowest BCUT2D eigenvalue weighted by atomic mass is 9.89. The third-order valence-corrected chi connectivity index (χ3v) is 6.75. The maximum absolute atomic E-state index is 13.0. The molecule has 214 valence electrons. The van der Waals surface area contributed by atoms with Crippen LogP contribution in [0.3, 0.4) is 0 Å². The summed E-state index contributed by atoms with van der Waals surface area (Å²) in [5.74, 6) is -3.38. The molecule has 4 aromatic rings. The van der Waals surface area contributed by atoms with Crippen molar-refractivity contribution in [2.24, 2.45) is 0 Å². The van der Waals surface area contributed by atoms with Crippen LogP contribution < -0.4 is 5.43 Å². The zero-order valence-corrected chi connectivity index (χ0v) is 20.9. The van der Waals surface area contributed by atoms with E-state index in [4.69, 9.17) is 13.9 Å². The third-order valence-electron chi connectivity index (χ3n) is 6.75. The van der Waals surface area contributed by atoms with Crippen LogP contribution in [0.1, 0.15) is 22.0 Å². The van der Waals surface area contributed by atoms with Gasteiger partial charge < -0.3 is 54.7 Å². The first kappa shape index (κ1) is 27.7. The van der Waals surface area contributed by atoms with Gasteiger partial charge in [-0.2, -0.15) is 0 Å². The lowest BCUT2D eigenvalue weighted by molar-refractivity contribution is -0.232. The smallest absolute Gasteiger partial charge is 0.338 e. The van der Waals surface area contributed by atoms with E-state index in [-0.39, 0.29) is 28.2 Å². The molecule has 13 nitrogen and oxygen atoms in total. The van der Waals surface area contributed by atoms with E-state index in [1.165, 1.54) is 36.4 Å². The Hall–Kier alpha value is -4.82. The molecule has 1 aliphatic heterocycles. The van der Waals surface area contributed by atoms with Gasteiger partial charge in [-0.15, -0.1) is 0 Å². The average Bonchev–Trinajstić information content (AvgIpc) is 2.93. The number of aliphatic hydroxyl groups is 3. The van der Waals surface area contributed by atoms with E-state index in [1.54, 1.807) is 0 Å². The minimum absolute atomic E-state index is 0.0626. The predicted molar refractivity (Wildman–Crippen MR) is 139 cm³/mol. The number of phenols is 5. The molecule has 3 aromatic carbocycles. The molecule has 1 saturated heterocycles. The van der Waals surface area contributed by atoms with Crippen LogP contribution in [0.5, 0.6) is 28.7 Å². The first-order valence-electron chi connectivity index (χ1n) is 12.2. The fourth-order valence-electron chi connectivity index (χ4n) is 4.57. The highest BCUT2D eigenvalue weighted by Gasteiger charge is 2.46. The second kappa shape index (κ2) is 10.6. The van der Waals surface area contributed by atoms with Crippen LogP contribution in [-0.2, 0) is 9.47 Å². The number of rotatable bonds is 5. The van der Waals surface area contributed by atoms with Crippen molar-refractivity contribution in [3.8, 4) is 40.1 Å². The summed E-state index contributed by atoms with van der Waals surface area (Å²) in [6.45, 7) is -0.610. The van der Waals surface area contributed by atoms with Gasteiger partial charge in [-0.3, -0.25) is 4.79 Å². The summed E-state index contributed by atoms with van der Waals surface area (Å²) >= 11 is 0. The SMILES string of the molecule is O=C(OCC1O[C@@H](c2c(O)cc3oc(-c4ccc(O)c(O)c4)cc(=O)c3c2O)C(O)[C@@H](O)[C@@H]1O)c1ccc(O)cc1. The van der Waals surface area contributed by atoms with E-state index >= 15 is 0 Å². The Labute approximate surface area is 229 Å². The molecule has 0 radical (unpaired) electrons. The summed E-state index contributed by atoms with van der Waals surface area (Å²) in [6.07, 6.45) is -8.64. The van der Waals surface area contributed by atoms with Crippen molar-refractivity contribution in [1.82, 2.24) is 0 Å². The van der Waals surface area contributed by atoms with Gasteiger partial charge in [0.25, 0.3) is 0 Å². The molecular weight excluding hydrogens is 544 g/mol. The second-order valence-corrected chi connectivity index (χ2v) is 9.42. The van der Waals surface area contributed by atoms with Crippen LogP contribution in [-0.4, -0.2) is 77.8 Å². The van der Waals surface area contributed by atoms with Crippen molar-refractivity contribution in [2.75, 3.05) is 6.61 Å². The van der Waals surface area contributed by atoms with Crippen molar-refractivity contribution in [3.63, 3.8) is 0 Å². The Morgan fingerprint density at radius 2 is 1.51 bits per heavy atom. The van der Waals surface area contributed by atoms with Gasteiger partial charge in [-0.25, -0.2) is 4.79 Å². The number of esters is 1. The van der Waals surface area contributed by atoms with Crippen LogP contribution in [0.2, 0.25) is 0 Å². The zero-order chi connectivity index (χ0) is 29.6. The summed E-state index contributed by atoms with van der Waals surface area (Å²) in [7, 11) is 0. The monoisotopic (exact) mass is 568 g/mol. The molecule has 1 aromatic heterocycles. The second-order valence-electron chi connectivity index (χ2n) is 9.42. The Morgan fingerprint density at radius 1 is 0.805 bits per heavy atom. The van der Waals surface area contributed by atoms with E-state index < -0.39 is 82.5 Å². The maximum atomic E-state index is 13.0. The van der Waals surface area contributed by atoms with Crippen molar-refractivity contribution in [3.05, 3.63) is 75.9 Å². The lowest BCUT2D eigenvalue weighted by Crippen LogP contribution is -2.55. The maximum Gasteiger partial charge on any atom is 0.338 e. The number of aliphatic hydroxyl groups excluding tert-OH is 3. The minimum Gasteiger partial charge on any atom is -0.508 e. The van der Waals surface area contributed by atoms with E-state index in [0.29, 0.717) is 0 Å². The largest absolute Gasteiger partial charge is 0.508 e. The number of carbonyl (C=O) groups excluding carboxylic acids is 1. The molecule has 0 aliphatic carbocycles. The summed E-state index contributed by atoms with van der Waals surface area (Å²) in [6, 6.07) is 10.8. The molecule has 5 rings (SSSR count). The van der Waals surface area contributed by atoms with Gasteiger partial charge in [-0.1, -0.05) is 0 Å². The molecule has 1 aliphatic rings. The molecule has 5 atom stereocenters. The first-order chi connectivity index (χ1) is 19.5. The lowest BCUT2D eigenvalue weighted by Gasteiger charge is -2.40. The van der Waals surface area contributed by atoms with Crippen LogP contribution in [0.4, 0.5) is 0 Å². The number of phenolic OH excluding ortho intramolecular Hbond substituents is 5. The fraction of sp³-hybridized carbons (Fsp3) is 0.214. The highest BCUT2D eigenvalue weighted by Crippen LogP contribution is 2.45. The van der Waals surface area contributed by atoms with Gasteiger partial charge in [0.15, 0.2) is 16.9 Å². The van der Waals surface area contributed by atoms with Crippen molar-refractivity contribution < 1.29 is 59.5 Å². The van der Waals surface area contributed by atoms with E-state index in [9.17, 15) is 50.4 Å². The van der Waals surface area contributed by atoms with E-state index in [2.05, 4.69) is 0 Å². The molecule has 13 heteroatoms. The van der Waals surface area contributed by atoms with Gasteiger partial charge >= 0.3 is 5.97 Å². The molecule has 8 N–H and O–H groups in total. The Morgan fingerprint density at radius 3 is 2.20 bits per heavy atom. The summed E-state index contributed by atoms with van der Waals surface area (Å²) in [5.41, 5.74) is -1.27. The molecule has 0 bridgehead atoms. The summed E-state index contributed by atoms with van der Waals surface area (Å²) in [4.78, 5) is 25.4. The molecule has 0 spiro atoms. The van der Waals surface area contributed by atoms with E-state index in [0.717, 1.165) is 18.2 Å². The number of aromatic hydroxyl groups is 5. The average molecular weight is 568 g/mol. The van der Waals surface area contributed by atoms with Crippen molar-refractivity contribution in [2.45, 2.75) is 30.5 Å². The number of hydrogen-bond donors (Lipinski definition) is 8. The topological polar surface area (TPSA) is 228 Å². The van der Waals surface area contributed by atoms with Gasteiger partial charge in [0, 0.05) is 17.7 Å². The van der Waals surface area contributed by atoms with Crippen molar-refractivity contribution in [1.29, 1.82) is 0 Å². The van der Waals surface area contributed by atoms with Crippen molar-refractivity contribution >= 4 is 16.9 Å². The molecule has 2 heterocycles. The van der Waals surface area contributed by atoms with Crippen LogP contribution >= 0.6 is 0 Å². The Balaban J connectivity index is 1.47. The molecular formula is C28H24O13. The van der Waals surface area contributed by atoms with Gasteiger partial charge in [-0.05, 0) is 42.5 Å². The Bertz CT molecular complexity index is 1680. The standard InChI is InChI=1S/C28H24O13/c29-13-4-1-11(2-5-13)28(38)39-10-20-23(34)25(36)26(37)27(41-20)22-17(33)9-19-21(24(22)35)16(32)8-18(40-19)12-3-6-14(30)15(31)7-12/h1-9,20,23,25-27,29-31,33-37H,10H2/t20?,23-,25+,26?,27+/m1/s1. The number of carbonyl (C=O) groups is 1. The highest BCUT2D eigenvalue weighted by molar-refractivity contribution is 5.89. The zero-order valence-electron chi connectivity index (χ0n) is 20.9. The molecule has 2 unspecified atom stereocenters. The highest BCUT2D eigenvalue weighted by atomic mass is 16.6. The van der Waals surface area contributed by atoms with E-state index in [1.807, 2.05) is 0 Å². The van der Waals surface area contributed by atoms with Gasteiger partial charge in [0.2, 0.25) is 0 Å². The number of fused-ring (bicyclic) bond motifs is 1. The normalized spacial score (nSPS) is 22.5. The van der Waals surface area contributed by atoms with Crippen LogP contribution in [0.15, 0.2) is 63.8 Å². The summed E-state index contributed by atoms with van der Waals surface area (Å²) in [5, 5.41) is 81.7. The van der Waals surface area contributed by atoms with Crippen LogP contribution in [0, 0.1) is 0 Å². The minimum atomic E-state index is -1.89. The predicted octanol–water partition coefficient (Wildman–Crippen LogP) is 1.37. The molecule has 1 fully saturated rings. The molecule has 0 saturated carbocycles. The Kier molecular flexibility index (Phi) is 7.19. The van der Waals surface area contributed by atoms with Gasteiger partial charge in [0.1, 0.15) is 71.1 Å².